The second kappa shape index (κ2) is 15.0. The first kappa shape index (κ1) is 33.8. The highest BCUT2D eigenvalue weighted by atomic mass is 32.1. The molecule has 8 nitrogen and oxygen atoms in total. The average molecular weight is 585 g/mol. The van der Waals surface area contributed by atoms with Gasteiger partial charge < -0.3 is 20.0 Å². The SMILES string of the molecule is CCN1CC(=S)N(CC(C)(C)CCCC(O)CCCC(O)CCCC(C)(C)CN2C(=O)N(CC)CC2=S)C1=O. The number of likely N-dealkylation sites (N-methyl/N-ethyl adjacent to an activating group) is 2. The van der Waals surface area contributed by atoms with Crippen molar-refractivity contribution in [3.05, 3.63) is 0 Å². The Balaban J connectivity index is 1.59. The lowest BCUT2D eigenvalue weighted by molar-refractivity contribution is 0.115. The Morgan fingerprint density at radius 1 is 0.692 bits per heavy atom. The molecule has 4 amide bonds. The van der Waals surface area contributed by atoms with Crippen LogP contribution in [0.2, 0.25) is 0 Å². The smallest absolute Gasteiger partial charge is 0.325 e. The van der Waals surface area contributed by atoms with Crippen LogP contribution in [0.15, 0.2) is 0 Å². The molecule has 2 N–H and O–H groups in total. The van der Waals surface area contributed by atoms with Crippen LogP contribution in [-0.4, -0.2) is 103 Å². The first-order valence-corrected chi connectivity index (χ1v) is 15.6. The van der Waals surface area contributed by atoms with Gasteiger partial charge in [0.1, 0.15) is 9.98 Å². The van der Waals surface area contributed by atoms with Crippen molar-refractivity contribution < 1.29 is 19.8 Å². The molecule has 0 aromatic carbocycles. The third kappa shape index (κ3) is 10.5. The number of amides is 4. The molecular formula is C29H52N4O4S2. The Kier molecular flexibility index (Phi) is 13.0. The summed E-state index contributed by atoms with van der Waals surface area (Å²) in [6.45, 7) is 16.2. The second-order valence-corrected chi connectivity index (χ2v) is 13.8. The minimum absolute atomic E-state index is 0.00633. The van der Waals surface area contributed by atoms with Crippen LogP contribution in [0, 0.1) is 10.8 Å². The number of urea groups is 2. The van der Waals surface area contributed by atoms with E-state index < -0.39 is 0 Å². The van der Waals surface area contributed by atoms with E-state index in [-0.39, 0.29) is 35.1 Å². The zero-order valence-corrected chi connectivity index (χ0v) is 26.7. The number of carbonyl (C=O) groups excluding carboxylic acids is 2. The Bertz CT molecular complexity index is 798. The molecule has 39 heavy (non-hydrogen) atoms. The van der Waals surface area contributed by atoms with Crippen molar-refractivity contribution >= 4 is 46.5 Å². The van der Waals surface area contributed by atoms with Crippen LogP contribution >= 0.6 is 24.4 Å². The van der Waals surface area contributed by atoms with Gasteiger partial charge in [-0.05, 0) is 69.6 Å². The van der Waals surface area contributed by atoms with Gasteiger partial charge in [0, 0.05) is 26.2 Å². The highest BCUT2D eigenvalue weighted by molar-refractivity contribution is 7.80. The monoisotopic (exact) mass is 584 g/mol. The summed E-state index contributed by atoms with van der Waals surface area (Å²) in [4.78, 5) is 33.4. The maximum absolute atomic E-state index is 12.5. The van der Waals surface area contributed by atoms with Crippen LogP contribution in [0.4, 0.5) is 9.59 Å². The van der Waals surface area contributed by atoms with Crippen molar-refractivity contribution in [3.63, 3.8) is 0 Å². The van der Waals surface area contributed by atoms with E-state index in [9.17, 15) is 19.8 Å². The Labute approximate surface area is 247 Å². The van der Waals surface area contributed by atoms with Crippen molar-refractivity contribution in [2.75, 3.05) is 39.3 Å². The van der Waals surface area contributed by atoms with E-state index in [1.165, 1.54) is 0 Å². The molecule has 0 spiro atoms. The lowest BCUT2D eigenvalue weighted by Crippen LogP contribution is -2.39. The molecule has 0 bridgehead atoms. The molecule has 2 saturated heterocycles. The fourth-order valence-electron chi connectivity index (χ4n) is 5.52. The van der Waals surface area contributed by atoms with E-state index in [0.717, 1.165) is 44.9 Å². The summed E-state index contributed by atoms with van der Waals surface area (Å²) >= 11 is 10.8. The van der Waals surface area contributed by atoms with Gasteiger partial charge in [0.05, 0.1) is 25.3 Å². The number of hydrogen-bond acceptors (Lipinski definition) is 6. The van der Waals surface area contributed by atoms with Crippen molar-refractivity contribution in [1.29, 1.82) is 0 Å². The average Bonchev–Trinajstić information content (AvgIpc) is 3.27. The van der Waals surface area contributed by atoms with E-state index in [1.54, 1.807) is 19.6 Å². The number of hydrogen-bond donors (Lipinski definition) is 2. The fourth-order valence-corrected chi connectivity index (χ4v) is 6.11. The molecule has 2 aliphatic rings. The van der Waals surface area contributed by atoms with Crippen molar-refractivity contribution in [3.8, 4) is 0 Å². The minimum atomic E-state index is -0.374. The summed E-state index contributed by atoms with van der Waals surface area (Å²) in [7, 11) is 0. The number of aliphatic hydroxyl groups excluding tert-OH is 2. The first-order chi connectivity index (χ1) is 18.2. The molecule has 0 radical (unpaired) electrons. The summed E-state index contributed by atoms with van der Waals surface area (Å²) < 4.78 is 0. The van der Waals surface area contributed by atoms with Crippen LogP contribution in [0.1, 0.15) is 99.3 Å². The molecule has 2 heterocycles. The highest BCUT2D eigenvalue weighted by Gasteiger charge is 2.36. The molecule has 2 fully saturated rings. The van der Waals surface area contributed by atoms with E-state index in [2.05, 4.69) is 27.7 Å². The zero-order valence-electron chi connectivity index (χ0n) is 25.1. The number of carbonyl (C=O) groups is 2. The number of rotatable bonds is 18. The quantitative estimate of drug-likeness (QED) is 0.209. The minimum Gasteiger partial charge on any atom is -0.393 e. The largest absolute Gasteiger partial charge is 0.393 e. The van der Waals surface area contributed by atoms with Crippen LogP contribution < -0.4 is 0 Å². The van der Waals surface area contributed by atoms with E-state index in [1.807, 2.05) is 13.8 Å². The molecule has 0 aromatic rings. The van der Waals surface area contributed by atoms with Crippen molar-refractivity contribution in [2.24, 2.45) is 10.8 Å². The second-order valence-electron chi connectivity index (χ2n) is 12.9. The first-order valence-electron chi connectivity index (χ1n) is 14.7. The maximum atomic E-state index is 12.5. The molecule has 0 aromatic heterocycles. The van der Waals surface area contributed by atoms with Gasteiger partial charge in [-0.3, -0.25) is 9.80 Å². The molecule has 224 valence electrons. The van der Waals surface area contributed by atoms with E-state index in [4.69, 9.17) is 24.4 Å². The molecule has 0 saturated carbocycles. The van der Waals surface area contributed by atoms with Crippen molar-refractivity contribution in [1.82, 2.24) is 19.6 Å². The number of thiocarbonyl (C=S) groups is 2. The molecule has 2 atom stereocenters. The Morgan fingerprint density at radius 3 is 1.33 bits per heavy atom. The predicted molar refractivity (Wildman–Crippen MR) is 165 cm³/mol. The van der Waals surface area contributed by atoms with E-state index >= 15 is 0 Å². The van der Waals surface area contributed by atoms with Gasteiger partial charge >= 0.3 is 12.1 Å². The van der Waals surface area contributed by atoms with Gasteiger partial charge in [-0.15, -0.1) is 0 Å². The standard InChI is InChI=1S/C29H52N4O4S2/c1-7-30-18-24(38)32(26(30)36)20-28(3,4)16-10-14-22(34)12-9-13-23(35)15-11-17-29(5,6)21-33-25(39)19-31(8-2)27(33)37/h22-23,34-35H,7-21H2,1-6H3. The van der Waals surface area contributed by atoms with Crippen molar-refractivity contribution in [2.45, 2.75) is 112 Å². The normalized spacial score (nSPS) is 18.7. The summed E-state index contributed by atoms with van der Waals surface area (Å²) in [5.74, 6) is 0. The van der Waals surface area contributed by atoms with E-state index in [0.29, 0.717) is 62.1 Å². The molecule has 10 heteroatoms. The zero-order chi connectivity index (χ0) is 29.4. The van der Waals surface area contributed by atoms with Gasteiger partial charge in [0.15, 0.2) is 0 Å². The predicted octanol–water partition coefficient (Wildman–Crippen LogP) is 5.44. The van der Waals surface area contributed by atoms with Gasteiger partial charge in [-0.1, -0.05) is 65.0 Å². The number of aliphatic hydroxyl groups is 2. The summed E-state index contributed by atoms with van der Waals surface area (Å²) in [6.07, 6.45) is 6.45. The lowest BCUT2D eigenvalue weighted by Gasteiger charge is -2.30. The Hall–Kier alpha value is -1.36. The summed E-state index contributed by atoms with van der Waals surface area (Å²) in [6, 6.07) is 0.0127. The lowest BCUT2D eigenvalue weighted by atomic mass is 9.85. The molecule has 0 aliphatic carbocycles. The molecule has 2 rings (SSSR count). The maximum Gasteiger partial charge on any atom is 0.325 e. The van der Waals surface area contributed by atoms with Crippen LogP contribution in [0.3, 0.4) is 0 Å². The summed E-state index contributed by atoms with van der Waals surface area (Å²) in [5.41, 5.74) is -0.148. The van der Waals surface area contributed by atoms with Gasteiger partial charge in [-0.25, -0.2) is 9.59 Å². The molecular weight excluding hydrogens is 532 g/mol. The van der Waals surface area contributed by atoms with Crippen LogP contribution in [0.5, 0.6) is 0 Å². The molecule has 2 unspecified atom stereocenters. The van der Waals surface area contributed by atoms with Crippen LogP contribution in [0.25, 0.3) is 0 Å². The fraction of sp³-hybridized carbons (Fsp3) is 0.862. The third-order valence-electron chi connectivity index (χ3n) is 8.05. The molecule has 2 aliphatic heterocycles. The third-order valence-corrected chi connectivity index (χ3v) is 8.75. The Morgan fingerprint density at radius 2 is 1.03 bits per heavy atom. The van der Waals surface area contributed by atoms with Gasteiger partial charge in [0.25, 0.3) is 0 Å². The summed E-state index contributed by atoms with van der Waals surface area (Å²) in [5, 5.41) is 20.9. The number of nitrogens with zero attached hydrogens (tertiary/aromatic N) is 4. The highest BCUT2D eigenvalue weighted by Crippen LogP contribution is 2.29. The van der Waals surface area contributed by atoms with Gasteiger partial charge in [0.2, 0.25) is 0 Å². The van der Waals surface area contributed by atoms with Crippen LogP contribution in [-0.2, 0) is 0 Å². The topological polar surface area (TPSA) is 87.6 Å². The van der Waals surface area contributed by atoms with Gasteiger partial charge in [-0.2, -0.15) is 0 Å².